The van der Waals surface area contributed by atoms with E-state index in [4.69, 9.17) is 23.2 Å². The van der Waals surface area contributed by atoms with Crippen LogP contribution in [-0.4, -0.2) is 41.7 Å². The van der Waals surface area contributed by atoms with Crippen molar-refractivity contribution < 1.29 is 125 Å². The molecule has 2 aromatic carbocycles. The van der Waals surface area contributed by atoms with Crippen LogP contribution < -0.4 is 99.3 Å². The SMILES string of the molecule is O=C([O-])c1[nH]n(-c2cc(Cl)c(S(=O)(=O)[O-])cc2Cl)c(=O)c1N=Nc1ccc(S(=O)(=O)[O-])cc1.[Na+].[Na+].[Na+]. The number of H-pyrrole nitrogens is 1. The number of azo groups is 1. The summed E-state index contributed by atoms with van der Waals surface area (Å²) in [5, 5.41) is 19.7. The molecule has 13 nitrogen and oxygen atoms in total. The minimum absolute atomic E-state index is 0. The van der Waals surface area contributed by atoms with Crippen molar-refractivity contribution in [1.29, 1.82) is 0 Å². The molecule has 174 valence electrons. The van der Waals surface area contributed by atoms with E-state index in [-0.39, 0.29) is 100 Å². The first-order valence-electron chi connectivity index (χ1n) is 8.19. The zero-order valence-electron chi connectivity index (χ0n) is 18.6. The minimum atomic E-state index is -4.99. The molecular weight excluding hydrogens is 596 g/mol. The number of aromatic carboxylic acids is 1. The van der Waals surface area contributed by atoms with Crippen molar-refractivity contribution in [2.45, 2.75) is 9.79 Å². The maximum absolute atomic E-state index is 12.7. The second-order valence-corrected chi connectivity index (χ2v) is 9.64. The summed E-state index contributed by atoms with van der Waals surface area (Å²) in [4.78, 5) is 22.8. The number of carbonyl (C=O) groups is 1. The van der Waals surface area contributed by atoms with Crippen molar-refractivity contribution in [2.24, 2.45) is 10.2 Å². The average molecular weight is 603 g/mol. The molecule has 1 heterocycles. The molecule has 0 bridgehead atoms. The van der Waals surface area contributed by atoms with Crippen molar-refractivity contribution in [2.75, 3.05) is 0 Å². The Balaban J connectivity index is 0.00000408. The van der Waals surface area contributed by atoms with E-state index in [1.54, 1.807) is 0 Å². The van der Waals surface area contributed by atoms with Crippen molar-refractivity contribution in [3.8, 4) is 5.69 Å². The summed E-state index contributed by atoms with van der Waals surface area (Å²) in [5.74, 6) is -1.87. The van der Waals surface area contributed by atoms with E-state index in [1.165, 1.54) is 0 Å². The van der Waals surface area contributed by atoms with E-state index in [1.807, 2.05) is 0 Å². The Morgan fingerprint density at radius 1 is 0.889 bits per heavy atom. The first-order valence-corrected chi connectivity index (χ1v) is 11.8. The Morgan fingerprint density at radius 2 is 1.44 bits per heavy atom. The van der Waals surface area contributed by atoms with Crippen molar-refractivity contribution in [1.82, 2.24) is 9.78 Å². The van der Waals surface area contributed by atoms with Crippen LogP contribution in [0.25, 0.3) is 5.69 Å². The van der Waals surface area contributed by atoms with Gasteiger partial charge >= 0.3 is 88.7 Å². The van der Waals surface area contributed by atoms with E-state index < -0.39 is 63.0 Å². The van der Waals surface area contributed by atoms with Gasteiger partial charge in [-0.05, 0) is 36.4 Å². The Morgan fingerprint density at radius 3 is 1.92 bits per heavy atom. The molecule has 36 heavy (non-hydrogen) atoms. The van der Waals surface area contributed by atoms with Crippen molar-refractivity contribution in [3.05, 3.63) is 62.5 Å². The third-order valence-electron chi connectivity index (χ3n) is 3.97. The van der Waals surface area contributed by atoms with Gasteiger partial charge in [-0.15, -0.1) is 5.11 Å². The van der Waals surface area contributed by atoms with Crippen molar-refractivity contribution in [3.63, 3.8) is 0 Å². The molecule has 1 N–H and O–H groups in total. The number of hydrogen-bond donors (Lipinski definition) is 1. The predicted octanol–water partition coefficient (Wildman–Crippen LogP) is -7.93. The van der Waals surface area contributed by atoms with E-state index in [2.05, 4.69) is 15.3 Å². The summed E-state index contributed by atoms with van der Waals surface area (Å²) < 4.78 is 67.1. The Bertz CT molecular complexity index is 1590. The zero-order valence-corrected chi connectivity index (χ0v) is 27.7. The number of halogens is 2. The van der Waals surface area contributed by atoms with Gasteiger partial charge in [0.1, 0.15) is 25.9 Å². The number of hydrogen-bond acceptors (Lipinski definition) is 11. The standard InChI is InChI=1S/C16H10Cl2N4O9S2.3Na/c17-9-6-12(33(29,30)31)10(18)5-11(9)22-15(23)13(14(21-22)16(24)25)20-19-7-1-3-8(4-2-7)32(26,27)28;;;/h1-6,21H,(H,24,25)(H,26,27,28)(H,29,30,31);;;/q;3*+1/p-3. The molecule has 0 fully saturated rings. The molecule has 0 saturated carbocycles. The second-order valence-electron chi connectivity index (χ2n) is 6.10. The fourth-order valence-corrected chi connectivity index (χ4v) is 4.28. The third-order valence-corrected chi connectivity index (χ3v) is 6.43. The summed E-state index contributed by atoms with van der Waals surface area (Å²) in [6.45, 7) is 0. The number of nitrogens with one attached hydrogen (secondary N) is 1. The number of benzene rings is 2. The van der Waals surface area contributed by atoms with Crippen LogP contribution in [0.5, 0.6) is 0 Å². The largest absolute Gasteiger partial charge is 1.00 e. The smallest absolute Gasteiger partial charge is 0.744 e. The van der Waals surface area contributed by atoms with Gasteiger partial charge in [0.05, 0.1) is 37.2 Å². The average Bonchev–Trinajstić information content (AvgIpc) is 3.03. The minimum Gasteiger partial charge on any atom is -0.744 e. The van der Waals surface area contributed by atoms with Gasteiger partial charge in [0, 0.05) is 0 Å². The Hall–Kier alpha value is -0.0800. The molecule has 0 saturated heterocycles. The van der Waals surface area contributed by atoms with Gasteiger partial charge < -0.3 is 19.0 Å². The number of aromatic amines is 1. The molecule has 0 unspecified atom stereocenters. The van der Waals surface area contributed by atoms with Crippen LogP contribution in [0.15, 0.2) is 61.2 Å². The van der Waals surface area contributed by atoms with Crippen LogP contribution in [-0.2, 0) is 20.2 Å². The van der Waals surface area contributed by atoms with Crippen LogP contribution in [0, 0.1) is 0 Å². The molecule has 0 atom stereocenters. The molecule has 0 aliphatic rings. The maximum Gasteiger partial charge on any atom is 1.00 e. The van der Waals surface area contributed by atoms with Gasteiger partial charge in [0.25, 0.3) is 5.56 Å². The van der Waals surface area contributed by atoms with E-state index >= 15 is 0 Å². The molecular formula is C16H7Cl2N4Na3O9S2. The number of rotatable bonds is 6. The van der Waals surface area contributed by atoms with Crippen LogP contribution in [0.1, 0.15) is 10.5 Å². The van der Waals surface area contributed by atoms with Gasteiger partial charge in [-0.1, -0.05) is 23.2 Å². The molecule has 1 aromatic heterocycles. The summed E-state index contributed by atoms with van der Waals surface area (Å²) in [6, 6.07) is 5.54. The topological polar surface area (TPSA) is 217 Å². The van der Waals surface area contributed by atoms with Crippen LogP contribution in [0.2, 0.25) is 10.0 Å². The summed E-state index contributed by atoms with van der Waals surface area (Å²) in [5.41, 5.74) is -3.07. The molecule has 0 amide bonds. The summed E-state index contributed by atoms with van der Waals surface area (Å²) >= 11 is 11.7. The number of carbonyl (C=O) groups excluding carboxylic acids is 1. The van der Waals surface area contributed by atoms with Gasteiger partial charge in [-0.25, -0.2) is 21.5 Å². The fraction of sp³-hybridized carbons (Fsp3) is 0. The number of aromatic nitrogens is 2. The molecule has 0 aliphatic carbocycles. The van der Waals surface area contributed by atoms with E-state index in [0.717, 1.165) is 30.3 Å². The molecule has 0 aliphatic heterocycles. The second kappa shape index (κ2) is 13.8. The maximum atomic E-state index is 12.7. The number of carboxylic acid groups (broad SMARTS) is 1. The number of nitrogens with zero attached hydrogens (tertiary/aromatic N) is 3. The first kappa shape index (κ1) is 35.9. The van der Waals surface area contributed by atoms with Gasteiger partial charge in [0.15, 0.2) is 5.69 Å². The molecule has 3 rings (SSSR count). The van der Waals surface area contributed by atoms with E-state index in [9.17, 15) is 40.6 Å². The fourth-order valence-electron chi connectivity index (χ4n) is 2.50. The van der Waals surface area contributed by atoms with Crippen molar-refractivity contribution >= 4 is 60.8 Å². The normalized spacial score (nSPS) is 11.3. The summed E-state index contributed by atoms with van der Waals surface area (Å²) in [7, 11) is -9.70. The van der Waals surface area contributed by atoms with Gasteiger partial charge in [-0.3, -0.25) is 9.89 Å². The molecule has 20 heteroatoms. The number of carboxylic acids is 1. The Kier molecular flexibility index (Phi) is 13.8. The summed E-state index contributed by atoms with van der Waals surface area (Å²) in [6.07, 6.45) is 0. The van der Waals surface area contributed by atoms with E-state index in [0.29, 0.717) is 10.7 Å². The molecule has 3 aromatic rings. The van der Waals surface area contributed by atoms with Crippen LogP contribution >= 0.6 is 23.2 Å². The van der Waals surface area contributed by atoms with Gasteiger partial charge in [0.2, 0.25) is 0 Å². The Labute approximate surface area is 279 Å². The molecule has 0 radical (unpaired) electrons. The van der Waals surface area contributed by atoms with Crippen LogP contribution in [0.3, 0.4) is 0 Å². The first-order chi connectivity index (χ1) is 15.2. The van der Waals surface area contributed by atoms with Crippen LogP contribution in [0.4, 0.5) is 11.4 Å². The quantitative estimate of drug-likeness (QED) is 0.161. The van der Waals surface area contributed by atoms with Gasteiger partial charge in [-0.2, -0.15) is 5.11 Å². The third kappa shape index (κ3) is 8.21. The predicted molar refractivity (Wildman–Crippen MR) is 107 cm³/mol. The molecule has 0 spiro atoms. The monoisotopic (exact) mass is 602 g/mol. The zero-order chi connectivity index (χ0) is 24.7.